The van der Waals surface area contributed by atoms with E-state index in [2.05, 4.69) is 14.8 Å². The highest BCUT2D eigenvalue weighted by Gasteiger charge is 2.20. The van der Waals surface area contributed by atoms with Gasteiger partial charge in [0.15, 0.2) is 5.82 Å². The van der Waals surface area contributed by atoms with E-state index in [1.807, 2.05) is 0 Å². The van der Waals surface area contributed by atoms with Gasteiger partial charge in [0, 0.05) is 7.05 Å². The SMILES string of the molecule is Cn1cnc(CNS(=O)(=O)c2cc(N)c(F)cc2Cl)n1. The fourth-order valence-corrected chi connectivity index (χ4v) is 2.98. The van der Waals surface area contributed by atoms with Crippen LogP contribution in [0.4, 0.5) is 10.1 Å². The lowest BCUT2D eigenvalue weighted by molar-refractivity contribution is 0.578. The molecular formula is C10H11ClFN5O2S. The van der Waals surface area contributed by atoms with E-state index in [-0.39, 0.29) is 22.2 Å². The van der Waals surface area contributed by atoms with Gasteiger partial charge in [0.2, 0.25) is 10.0 Å². The summed E-state index contributed by atoms with van der Waals surface area (Å²) in [6, 6.07) is 1.82. The first-order chi connectivity index (χ1) is 9.29. The molecule has 3 N–H and O–H groups in total. The lowest BCUT2D eigenvalue weighted by atomic mass is 10.3. The largest absolute Gasteiger partial charge is 0.396 e. The average molecular weight is 320 g/mol. The standard InChI is InChI=1S/C10H11ClFN5O2S/c1-17-5-14-10(16-17)4-15-20(18,19)9-3-8(13)7(12)2-6(9)11/h2-3,5,15H,4,13H2,1H3. The molecule has 2 aromatic rings. The molecule has 1 heterocycles. The molecule has 0 aliphatic carbocycles. The number of sulfonamides is 1. The van der Waals surface area contributed by atoms with E-state index in [0.29, 0.717) is 5.82 Å². The van der Waals surface area contributed by atoms with E-state index in [1.54, 1.807) is 7.05 Å². The van der Waals surface area contributed by atoms with Gasteiger partial charge in [0.25, 0.3) is 0 Å². The zero-order valence-electron chi connectivity index (χ0n) is 10.3. The van der Waals surface area contributed by atoms with E-state index in [4.69, 9.17) is 17.3 Å². The number of anilines is 1. The molecular weight excluding hydrogens is 309 g/mol. The molecule has 0 fully saturated rings. The summed E-state index contributed by atoms with van der Waals surface area (Å²) in [7, 11) is -2.28. The quantitative estimate of drug-likeness (QED) is 0.806. The maximum absolute atomic E-state index is 13.2. The number of nitrogen functional groups attached to an aromatic ring is 1. The normalized spacial score (nSPS) is 11.8. The predicted molar refractivity (Wildman–Crippen MR) is 70.9 cm³/mol. The van der Waals surface area contributed by atoms with E-state index in [0.717, 1.165) is 12.1 Å². The number of aryl methyl sites for hydroxylation is 1. The first-order valence-corrected chi connectivity index (χ1v) is 7.24. The van der Waals surface area contributed by atoms with Crippen molar-refractivity contribution in [1.82, 2.24) is 19.5 Å². The summed E-state index contributed by atoms with van der Waals surface area (Å²) in [6.45, 7) is -0.114. The van der Waals surface area contributed by atoms with Crippen LogP contribution in [0.5, 0.6) is 0 Å². The van der Waals surface area contributed by atoms with Gasteiger partial charge in [0.05, 0.1) is 17.3 Å². The highest BCUT2D eigenvalue weighted by atomic mass is 35.5. The van der Waals surface area contributed by atoms with Crippen LogP contribution >= 0.6 is 11.6 Å². The van der Waals surface area contributed by atoms with Gasteiger partial charge < -0.3 is 5.73 Å². The Morgan fingerprint density at radius 2 is 2.20 bits per heavy atom. The van der Waals surface area contributed by atoms with Crippen LogP contribution in [0.15, 0.2) is 23.4 Å². The molecule has 0 aliphatic rings. The van der Waals surface area contributed by atoms with Gasteiger partial charge in [-0.2, -0.15) is 5.10 Å². The molecule has 0 bridgehead atoms. The third-order valence-electron chi connectivity index (χ3n) is 2.41. The molecule has 0 saturated carbocycles. The number of aromatic nitrogens is 3. The van der Waals surface area contributed by atoms with Crippen molar-refractivity contribution in [1.29, 1.82) is 0 Å². The molecule has 10 heteroatoms. The summed E-state index contributed by atoms with van der Waals surface area (Å²) in [5.74, 6) is -0.484. The third kappa shape index (κ3) is 3.06. The van der Waals surface area contributed by atoms with Gasteiger partial charge in [0.1, 0.15) is 17.0 Å². The number of rotatable bonds is 4. The Hall–Kier alpha value is -1.71. The molecule has 0 atom stereocenters. The minimum Gasteiger partial charge on any atom is -0.396 e. The molecule has 0 aliphatic heterocycles. The second-order valence-electron chi connectivity index (χ2n) is 3.96. The van der Waals surface area contributed by atoms with Crippen LogP contribution in [0, 0.1) is 5.82 Å². The maximum atomic E-state index is 13.2. The van der Waals surface area contributed by atoms with Crippen LogP contribution in [-0.2, 0) is 23.6 Å². The van der Waals surface area contributed by atoms with Gasteiger partial charge >= 0.3 is 0 Å². The smallest absolute Gasteiger partial charge is 0.242 e. The summed E-state index contributed by atoms with van der Waals surface area (Å²) in [5.41, 5.74) is 5.04. The van der Waals surface area contributed by atoms with Crippen LogP contribution in [0.3, 0.4) is 0 Å². The highest BCUT2D eigenvalue weighted by Crippen LogP contribution is 2.26. The molecule has 0 amide bonds. The molecule has 7 nitrogen and oxygen atoms in total. The van der Waals surface area contributed by atoms with E-state index in [1.165, 1.54) is 11.0 Å². The number of nitrogens with two attached hydrogens (primary N) is 1. The number of halogens is 2. The van der Waals surface area contributed by atoms with Crippen molar-refractivity contribution in [2.24, 2.45) is 7.05 Å². The van der Waals surface area contributed by atoms with Gasteiger partial charge in [-0.25, -0.2) is 22.5 Å². The van der Waals surface area contributed by atoms with Crippen LogP contribution in [0.25, 0.3) is 0 Å². The zero-order chi connectivity index (χ0) is 14.9. The van der Waals surface area contributed by atoms with Crippen molar-refractivity contribution in [3.05, 3.63) is 35.1 Å². The summed E-state index contributed by atoms with van der Waals surface area (Å²) in [5, 5.41) is 3.67. The number of nitrogens with one attached hydrogen (secondary N) is 1. The Bertz CT molecular complexity index is 746. The summed E-state index contributed by atoms with van der Waals surface area (Å²) in [6.07, 6.45) is 1.44. The molecule has 20 heavy (non-hydrogen) atoms. The van der Waals surface area contributed by atoms with E-state index >= 15 is 0 Å². The van der Waals surface area contributed by atoms with Crippen molar-refractivity contribution in [2.75, 3.05) is 5.73 Å². The van der Waals surface area contributed by atoms with Crippen LogP contribution in [-0.4, -0.2) is 23.2 Å². The predicted octanol–water partition coefficient (Wildman–Crippen LogP) is 0.668. The van der Waals surface area contributed by atoms with Crippen molar-refractivity contribution >= 4 is 27.3 Å². The first-order valence-electron chi connectivity index (χ1n) is 5.38. The van der Waals surface area contributed by atoms with Crippen LogP contribution in [0.2, 0.25) is 5.02 Å². The second-order valence-corrected chi connectivity index (χ2v) is 6.11. The molecule has 108 valence electrons. The minimum atomic E-state index is -3.94. The van der Waals surface area contributed by atoms with Crippen molar-refractivity contribution in [3.8, 4) is 0 Å². The summed E-state index contributed by atoms with van der Waals surface area (Å²) >= 11 is 5.72. The Kier molecular flexibility index (Phi) is 3.93. The van der Waals surface area contributed by atoms with Crippen molar-refractivity contribution < 1.29 is 12.8 Å². The summed E-state index contributed by atoms with van der Waals surface area (Å²) < 4.78 is 41.0. The minimum absolute atomic E-state index is 0.114. The molecule has 0 unspecified atom stereocenters. The highest BCUT2D eigenvalue weighted by molar-refractivity contribution is 7.89. The monoisotopic (exact) mass is 319 g/mol. The Morgan fingerprint density at radius 3 is 2.80 bits per heavy atom. The number of nitrogens with zero attached hydrogens (tertiary/aromatic N) is 3. The van der Waals surface area contributed by atoms with Crippen LogP contribution in [0.1, 0.15) is 5.82 Å². The lowest BCUT2D eigenvalue weighted by Crippen LogP contribution is -2.24. The van der Waals surface area contributed by atoms with E-state index in [9.17, 15) is 12.8 Å². The second kappa shape index (κ2) is 5.35. The number of hydrogen-bond acceptors (Lipinski definition) is 5. The molecule has 2 rings (SSSR count). The van der Waals surface area contributed by atoms with Gasteiger partial charge in [-0.15, -0.1) is 0 Å². The Morgan fingerprint density at radius 1 is 1.50 bits per heavy atom. The maximum Gasteiger partial charge on any atom is 0.242 e. The van der Waals surface area contributed by atoms with Crippen molar-refractivity contribution in [3.63, 3.8) is 0 Å². The Balaban J connectivity index is 2.24. The summed E-state index contributed by atoms with van der Waals surface area (Å²) in [4.78, 5) is 3.58. The Labute approximate surface area is 119 Å². The van der Waals surface area contributed by atoms with Gasteiger partial charge in [-0.1, -0.05) is 11.6 Å². The average Bonchev–Trinajstić information content (AvgIpc) is 2.77. The van der Waals surface area contributed by atoms with Gasteiger partial charge in [-0.05, 0) is 12.1 Å². The van der Waals surface area contributed by atoms with Crippen molar-refractivity contribution in [2.45, 2.75) is 11.4 Å². The fraction of sp³-hybridized carbons (Fsp3) is 0.200. The number of benzene rings is 1. The van der Waals surface area contributed by atoms with Crippen LogP contribution < -0.4 is 10.5 Å². The molecule has 0 saturated heterocycles. The molecule has 0 radical (unpaired) electrons. The molecule has 1 aromatic heterocycles. The van der Waals surface area contributed by atoms with Gasteiger partial charge in [-0.3, -0.25) is 4.68 Å². The molecule has 0 spiro atoms. The number of hydrogen-bond donors (Lipinski definition) is 2. The zero-order valence-corrected chi connectivity index (χ0v) is 11.9. The first kappa shape index (κ1) is 14.7. The topological polar surface area (TPSA) is 103 Å². The third-order valence-corrected chi connectivity index (χ3v) is 4.27. The molecule has 1 aromatic carbocycles. The van der Waals surface area contributed by atoms with E-state index < -0.39 is 15.8 Å². The fourth-order valence-electron chi connectivity index (χ4n) is 1.45. The lowest BCUT2D eigenvalue weighted by Gasteiger charge is -2.08.